The maximum atomic E-state index is 13.2. The average molecular weight is 463 g/mol. The summed E-state index contributed by atoms with van der Waals surface area (Å²) in [6.07, 6.45) is 0. The maximum absolute atomic E-state index is 13.2. The summed E-state index contributed by atoms with van der Waals surface area (Å²) in [5, 5.41) is 11.2. The molecule has 1 saturated heterocycles. The molecule has 0 spiro atoms. The minimum Gasteiger partial charge on any atom is -0.507 e. The summed E-state index contributed by atoms with van der Waals surface area (Å²) in [6, 6.07) is 12.1. The second-order valence-corrected chi connectivity index (χ2v) is 7.72. The number of fused-ring (bicyclic) bond motifs is 1. The van der Waals surface area contributed by atoms with E-state index in [2.05, 4.69) is 0 Å². The lowest BCUT2D eigenvalue weighted by Crippen LogP contribution is -2.29. The van der Waals surface area contributed by atoms with Crippen molar-refractivity contribution in [3.05, 3.63) is 71.2 Å². The largest absolute Gasteiger partial charge is 0.507 e. The Labute approximate surface area is 194 Å². The van der Waals surface area contributed by atoms with E-state index in [-0.39, 0.29) is 23.7 Å². The normalized spacial score (nSPS) is 18.4. The first kappa shape index (κ1) is 21.4. The fraction of sp³-hybridized carbons (Fsp3) is 0.200. The van der Waals surface area contributed by atoms with Gasteiger partial charge in [-0.2, -0.15) is 0 Å². The molecule has 1 N–H and O–H groups in total. The Bertz CT molecular complexity index is 1340. The molecule has 3 aromatic rings. The number of nitrogens with zero attached hydrogens (tertiary/aromatic N) is 1. The van der Waals surface area contributed by atoms with Crippen molar-refractivity contribution in [1.82, 2.24) is 0 Å². The summed E-state index contributed by atoms with van der Waals surface area (Å²) in [7, 11) is 2.96. The highest BCUT2D eigenvalue weighted by atomic mass is 16.7. The number of anilines is 1. The highest BCUT2D eigenvalue weighted by Gasteiger charge is 2.48. The first-order chi connectivity index (χ1) is 16.4. The summed E-state index contributed by atoms with van der Waals surface area (Å²) in [5.41, 5.74) is 0.579. The van der Waals surface area contributed by atoms with Crippen molar-refractivity contribution in [2.75, 3.05) is 25.9 Å². The van der Waals surface area contributed by atoms with Gasteiger partial charge in [0.2, 0.25) is 6.79 Å². The summed E-state index contributed by atoms with van der Waals surface area (Å²) < 4.78 is 27.2. The second kappa shape index (κ2) is 8.18. The van der Waals surface area contributed by atoms with Gasteiger partial charge >= 0.3 is 0 Å². The third-order valence-corrected chi connectivity index (χ3v) is 5.77. The zero-order valence-electron chi connectivity index (χ0n) is 18.7. The molecule has 5 rings (SSSR count). The molecule has 1 amide bonds. The van der Waals surface area contributed by atoms with Gasteiger partial charge in [-0.3, -0.25) is 14.5 Å². The Kier molecular flexibility index (Phi) is 5.16. The monoisotopic (exact) mass is 463 g/mol. The van der Waals surface area contributed by atoms with Gasteiger partial charge in [0.1, 0.15) is 23.3 Å². The predicted molar refractivity (Wildman–Crippen MR) is 120 cm³/mol. The number of rotatable bonds is 5. The second-order valence-electron chi connectivity index (χ2n) is 7.72. The number of aliphatic hydroxyl groups is 1. The average Bonchev–Trinajstić information content (AvgIpc) is 3.56. The van der Waals surface area contributed by atoms with Gasteiger partial charge in [0.25, 0.3) is 11.7 Å². The van der Waals surface area contributed by atoms with E-state index in [1.54, 1.807) is 49.4 Å². The third kappa shape index (κ3) is 3.33. The van der Waals surface area contributed by atoms with Crippen LogP contribution in [0.1, 0.15) is 23.1 Å². The van der Waals surface area contributed by atoms with Crippen molar-refractivity contribution in [2.45, 2.75) is 13.0 Å². The number of carbonyl (C=O) groups excluding carboxylic acids is 2. The van der Waals surface area contributed by atoms with Crippen molar-refractivity contribution in [1.29, 1.82) is 0 Å². The molecule has 1 atom stereocenters. The van der Waals surface area contributed by atoms with Gasteiger partial charge in [-0.1, -0.05) is 0 Å². The van der Waals surface area contributed by atoms with Crippen LogP contribution >= 0.6 is 0 Å². The molecule has 0 saturated carbocycles. The molecule has 0 aliphatic carbocycles. The topological polar surface area (TPSA) is 108 Å². The first-order valence-corrected chi connectivity index (χ1v) is 10.4. The number of ether oxygens (including phenoxy) is 4. The number of benzene rings is 2. The van der Waals surface area contributed by atoms with E-state index in [4.69, 9.17) is 23.4 Å². The van der Waals surface area contributed by atoms with Crippen LogP contribution in [0.25, 0.3) is 5.76 Å². The highest BCUT2D eigenvalue weighted by Crippen LogP contribution is 2.45. The molecule has 2 aromatic carbocycles. The number of carbonyl (C=O) groups is 2. The Morgan fingerprint density at radius 3 is 2.44 bits per heavy atom. The van der Waals surface area contributed by atoms with Crippen molar-refractivity contribution in [2.24, 2.45) is 0 Å². The first-order valence-electron chi connectivity index (χ1n) is 10.4. The number of furan rings is 1. The lowest BCUT2D eigenvalue weighted by molar-refractivity contribution is -0.132. The van der Waals surface area contributed by atoms with Gasteiger partial charge < -0.3 is 28.5 Å². The summed E-state index contributed by atoms with van der Waals surface area (Å²) in [4.78, 5) is 27.8. The van der Waals surface area contributed by atoms with Crippen molar-refractivity contribution in [3.8, 4) is 23.0 Å². The van der Waals surface area contributed by atoms with E-state index in [1.807, 2.05) is 0 Å². The molecule has 0 bridgehead atoms. The van der Waals surface area contributed by atoms with Gasteiger partial charge in [0, 0.05) is 17.3 Å². The Morgan fingerprint density at radius 1 is 0.971 bits per heavy atom. The van der Waals surface area contributed by atoms with E-state index < -0.39 is 17.7 Å². The van der Waals surface area contributed by atoms with Crippen LogP contribution in [0, 0.1) is 6.92 Å². The van der Waals surface area contributed by atoms with E-state index in [0.29, 0.717) is 40.2 Å². The molecule has 9 nitrogen and oxygen atoms in total. The summed E-state index contributed by atoms with van der Waals surface area (Å²) in [5.74, 6) is 0.726. The highest BCUT2D eigenvalue weighted by molar-refractivity contribution is 6.51. The minimum atomic E-state index is -0.998. The smallest absolute Gasteiger partial charge is 0.300 e. The van der Waals surface area contributed by atoms with Crippen molar-refractivity contribution >= 4 is 23.1 Å². The predicted octanol–water partition coefficient (Wildman–Crippen LogP) is 3.96. The summed E-state index contributed by atoms with van der Waals surface area (Å²) >= 11 is 0. The van der Waals surface area contributed by atoms with Crippen LogP contribution in [0.5, 0.6) is 23.0 Å². The van der Waals surface area contributed by atoms with E-state index in [9.17, 15) is 14.7 Å². The Balaban J connectivity index is 1.68. The molecule has 2 aliphatic heterocycles. The SMILES string of the molecule is COc1ccc(/C(O)=C2/C(=O)C(=O)N(c3ccc4c(c3)OCO4)C2c2ccc(C)o2)cc1OC. The fourth-order valence-corrected chi connectivity index (χ4v) is 4.14. The molecule has 1 aromatic heterocycles. The van der Waals surface area contributed by atoms with Crippen LogP contribution in [0.3, 0.4) is 0 Å². The molecular weight excluding hydrogens is 442 g/mol. The summed E-state index contributed by atoms with van der Waals surface area (Å²) in [6.45, 7) is 1.82. The third-order valence-electron chi connectivity index (χ3n) is 5.77. The number of aliphatic hydroxyl groups excluding tert-OH is 1. The molecule has 174 valence electrons. The number of Topliss-reactive ketones (excluding diaryl/α,β-unsaturated/α-hetero) is 1. The van der Waals surface area contributed by atoms with Crippen LogP contribution < -0.4 is 23.8 Å². The van der Waals surface area contributed by atoms with E-state index in [1.165, 1.54) is 25.2 Å². The minimum absolute atomic E-state index is 0.0672. The Hall–Kier alpha value is -4.40. The lowest BCUT2D eigenvalue weighted by Gasteiger charge is -2.23. The zero-order chi connectivity index (χ0) is 24.0. The van der Waals surface area contributed by atoms with Crippen LogP contribution in [-0.2, 0) is 9.59 Å². The van der Waals surface area contributed by atoms with Gasteiger partial charge in [-0.05, 0) is 49.4 Å². The van der Waals surface area contributed by atoms with E-state index >= 15 is 0 Å². The molecule has 9 heteroatoms. The molecule has 1 fully saturated rings. The van der Waals surface area contributed by atoms with Crippen LogP contribution in [-0.4, -0.2) is 37.8 Å². The van der Waals surface area contributed by atoms with Crippen LogP contribution in [0.4, 0.5) is 5.69 Å². The quantitative estimate of drug-likeness (QED) is 0.344. The van der Waals surface area contributed by atoms with Gasteiger partial charge in [-0.25, -0.2) is 0 Å². The molecule has 3 heterocycles. The number of amides is 1. The number of ketones is 1. The molecule has 34 heavy (non-hydrogen) atoms. The number of hydrogen-bond acceptors (Lipinski definition) is 8. The lowest BCUT2D eigenvalue weighted by atomic mass is 9.99. The zero-order valence-corrected chi connectivity index (χ0v) is 18.7. The maximum Gasteiger partial charge on any atom is 0.300 e. The molecular formula is C25H21NO8. The number of aryl methyl sites for hydroxylation is 1. The van der Waals surface area contributed by atoms with Crippen molar-refractivity contribution in [3.63, 3.8) is 0 Å². The van der Waals surface area contributed by atoms with E-state index in [0.717, 1.165) is 0 Å². The Morgan fingerprint density at radius 2 is 1.74 bits per heavy atom. The standard InChI is InChI=1S/C25H21NO8/c1-13-4-7-18(34-13)22-21(23(27)14-5-8-16(30-2)19(10-14)31-3)24(28)25(29)26(22)15-6-9-17-20(11-15)33-12-32-17/h4-11,22,27H,12H2,1-3H3/b23-21-. The van der Waals surface area contributed by atoms with Crippen LogP contribution in [0.2, 0.25) is 0 Å². The molecule has 0 radical (unpaired) electrons. The van der Waals surface area contributed by atoms with Crippen LogP contribution in [0.15, 0.2) is 58.5 Å². The van der Waals surface area contributed by atoms with Gasteiger partial charge in [0.15, 0.2) is 23.0 Å². The molecule has 1 unspecified atom stereocenters. The van der Waals surface area contributed by atoms with Crippen molar-refractivity contribution < 1.29 is 38.1 Å². The number of hydrogen-bond donors (Lipinski definition) is 1. The van der Waals surface area contributed by atoms with Gasteiger partial charge in [0.05, 0.1) is 19.8 Å². The fourth-order valence-electron chi connectivity index (χ4n) is 4.14. The number of methoxy groups -OCH3 is 2. The van der Waals surface area contributed by atoms with Gasteiger partial charge in [-0.15, -0.1) is 0 Å². The molecule has 2 aliphatic rings.